The molecule has 0 aliphatic carbocycles. The minimum atomic E-state index is -0.184. The van der Waals surface area contributed by atoms with Gasteiger partial charge in [0.05, 0.1) is 24.9 Å². The highest BCUT2D eigenvalue weighted by molar-refractivity contribution is 6.30. The number of ether oxygens (including phenoxy) is 1. The van der Waals surface area contributed by atoms with E-state index in [2.05, 4.69) is 10.4 Å². The zero-order chi connectivity index (χ0) is 18.8. The van der Waals surface area contributed by atoms with E-state index in [0.29, 0.717) is 23.9 Å². The van der Waals surface area contributed by atoms with Gasteiger partial charge in [-0.1, -0.05) is 54.1 Å². The predicted octanol–water partition coefficient (Wildman–Crippen LogP) is 4.30. The third-order valence-corrected chi connectivity index (χ3v) is 5.01. The molecule has 0 radical (unpaired) electrons. The Kier molecular flexibility index (Phi) is 4.97. The lowest BCUT2D eigenvalue weighted by atomic mass is 10.1. The second kappa shape index (κ2) is 7.55. The van der Waals surface area contributed by atoms with Gasteiger partial charge in [0.2, 0.25) is 0 Å². The van der Waals surface area contributed by atoms with Crippen molar-refractivity contribution in [2.24, 2.45) is 0 Å². The monoisotopic (exact) mass is 381 g/mol. The number of hydrogen-bond acceptors (Lipinski definition) is 3. The molecule has 1 aromatic heterocycles. The Morgan fingerprint density at radius 3 is 2.70 bits per heavy atom. The Morgan fingerprint density at radius 2 is 1.96 bits per heavy atom. The lowest BCUT2D eigenvalue weighted by molar-refractivity contribution is -0.00119. The molecule has 0 bridgehead atoms. The van der Waals surface area contributed by atoms with Gasteiger partial charge < -0.3 is 10.1 Å². The van der Waals surface area contributed by atoms with Crippen molar-refractivity contribution in [1.29, 1.82) is 0 Å². The van der Waals surface area contributed by atoms with Crippen LogP contribution in [0, 0.1) is 0 Å². The summed E-state index contributed by atoms with van der Waals surface area (Å²) in [5, 5.41) is 8.18. The lowest BCUT2D eigenvalue weighted by Gasteiger charge is -2.24. The van der Waals surface area contributed by atoms with Gasteiger partial charge in [0.1, 0.15) is 6.10 Å². The van der Waals surface area contributed by atoms with Crippen molar-refractivity contribution in [2.75, 3.05) is 0 Å². The molecule has 0 saturated heterocycles. The van der Waals surface area contributed by atoms with Crippen LogP contribution < -0.4 is 5.32 Å². The van der Waals surface area contributed by atoms with Crippen LogP contribution in [0.15, 0.2) is 60.7 Å². The van der Waals surface area contributed by atoms with Crippen LogP contribution >= 0.6 is 11.6 Å². The summed E-state index contributed by atoms with van der Waals surface area (Å²) in [6, 6.07) is 19.2. The first-order valence-electron chi connectivity index (χ1n) is 8.90. The van der Waals surface area contributed by atoms with Gasteiger partial charge in [0, 0.05) is 5.02 Å². The fraction of sp³-hybridized carbons (Fsp3) is 0.238. The van der Waals surface area contributed by atoms with Crippen molar-refractivity contribution in [1.82, 2.24) is 15.1 Å². The maximum absolute atomic E-state index is 12.6. The number of carbonyl (C=O) groups is 1. The maximum Gasteiger partial charge on any atom is 0.272 e. The standard InChI is InChI=1S/C21H20ClN3O2/c1-14(15-5-3-2-4-6-15)23-21(26)19-11-18-13-27-20(12-25(18)24-19)16-7-9-17(22)10-8-16/h2-11,14,20H,12-13H2,1H3,(H,23,26). The van der Waals surface area contributed by atoms with Crippen molar-refractivity contribution in [3.05, 3.63) is 88.2 Å². The van der Waals surface area contributed by atoms with Crippen LogP contribution in [0.2, 0.25) is 5.02 Å². The van der Waals surface area contributed by atoms with Gasteiger partial charge in [-0.15, -0.1) is 0 Å². The molecule has 0 saturated carbocycles. The van der Waals surface area contributed by atoms with E-state index in [-0.39, 0.29) is 18.1 Å². The molecule has 27 heavy (non-hydrogen) atoms. The molecule has 5 nitrogen and oxygen atoms in total. The molecule has 0 spiro atoms. The van der Waals surface area contributed by atoms with E-state index in [9.17, 15) is 4.79 Å². The van der Waals surface area contributed by atoms with E-state index in [0.717, 1.165) is 16.8 Å². The summed E-state index contributed by atoms with van der Waals surface area (Å²) in [7, 11) is 0. The van der Waals surface area contributed by atoms with Crippen molar-refractivity contribution < 1.29 is 9.53 Å². The largest absolute Gasteiger partial charge is 0.365 e. The summed E-state index contributed by atoms with van der Waals surface area (Å²) in [6.07, 6.45) is -0.103. The third kappa shape index (κ3) is 3.89. The second-order valence-corrected chi connectivity index (χ2v) is 7.10. The number of halogens is 1. The van der Waals surface area contributed by atoms with Gasteiger partial charge in [0.15, 0.2) is 5.69 Å². The van der Waals surface area contributed by atoms with Crippen LogP contribution in [0.3, 0.4) is 0 Å². The van der Waals surface area contributed by atoms with E-state index in [1.807, 2.05) is 66.2 Å². The first kappa shape index (κ1) is 17.8. The van der Waals surface area contributed by atoms with Gasteiger partial charge in [-0.25, -0.2) is 0 Å². The summed E-state index contributed by atoms with van der Waals surface area (Å²) in [6.45, 7) is 2.95. The molecule has 1 aliphatic heterocycles. The van der Waals surface area contributed by atoms with Gasteiger partial charge in [-0.05, 0) is 36.2 Å². The predicted molar refractivity (Wildman–Crippen MR) is 104 cm³/mol. The molecule has 3 aromatic rings. The molecule has 0 fully saturated rings. The van der Waals surface area contributed by atoms with E-state index in [1.54, 1.807) is 6.07 Å². The van der Waals surface area contributed by atoms with Gasteiger partial charge >= 0.3 is 0 Å². The van der Waals surface area contributed by atoms with Crippen LogP contribution in [0.5, 0.6) is 0 Å². The highest BCUT2D eigenvalue weighted by atomic mass is 35.5. The molecule has 6 heteroatoms. The van der Waals surface area contributed by atoms with Gasteiger partial charge in [0.25, 0.3) is 5.91 Å². The van der Waals surface area contributed by atoms with Gasteiger partial charge in [-0.2, -0.15) is 5.10 Å². The molecule has 2 aromatic carbocycles. The average Bonchev–Trinajstić information content (AvgIpc) is 3.13. The number of benzene rings is 2. The van der Waals surface area contributed by atoms with Gasteiger partial charge in [-0.3, -0.25) is 9.48 Å². The van der Waals surface area contributed by atoms with Crippen LogP contribution in [0.25, 0.3) is 0 Å². The number of nitrogens with one attached hydrogen (secondary N) is 1. The highest BCUT2D eigenvalue weighted by Crippen LogP contribution is 2.27. The zero-order valence-corrected chi connectivity index (χ0v) is 15.7. The smallest absolute Gasteiger partial charge is 0.272 e. The fourth-order valence-corrected chi connectivity index (χ4v) is 3.34. The number of hydrogen-bond donors (Lipinski definition) is 1. The summed E-state index contributed by atoms with van der Waals surface area (Å²) in [5.74, 6) is -0.184. The first-order chi connectivity index (χ1) is 13.1. The number of rotatable bonds is 4. The topological polar surface area (TPSA) is 56.2 Å². The number of carbonyl (C=O) groups excluding carboxylic acids is 1. The normalized spacial score (nSPS) is 17.2. The molecular weight excluding hydrogens is 362 g/mol. The molecule has 4 rings (SSSR count). The van der Waals surface area contributed by atoms with Crippen molar-refractivity contribution in [3.63, 3.8) is 0 Å². The third-order valence-electron chi connectivity index (χ3n) is 4.76. The minimum Gasteiger partial charge on any atom is -0.365 e. The Morgan fingerprint density at radius 1 is 1.22 bits per heavy atom. The average molecular weight is 382 g/mol. The minimum absolute atomic E-state index is 0.0875. The summed E-state index contributed by atoms with van der Waals surface area (Å²) in [4.78, 5) is 12.6. The molecule has 1 aliphatic rings. The molecule has 1 N–H and O–H groups in total. The number of aromatic nitrogens is 2. The quantitative estimate of drug-likeness (QED) is 0.733. The Labute approximate surface area is 162 Å². The van der Waals surface area contributed by atoms with Crippen molar-refractivity contribution >= 4 is 17.5 Å². The number of amides is 1. The summed E-state index contributed by atoms with van der Waals surface area (Å²) >= 11 is 5.95. The Balaban J connectivity index is 1.46. The fourth-order valence-electron chi connectivity index (χ4n) is 3.21. The number of nitrogens with zero attached hydrogens (tertiary/aromatic N) is 2. The molecule has 2 atom stereocenters. The Bertz CT molecular complexity index is 938. The zero-order valence-electron chi connectivity index (χ0n) is 14.9. The summed E-state index contributed by atoms with van der Waals surface area (Å²) in [5.41, 5.74) is 3.41. The highest BCUT2D eigenvalue weighted by Gasteiger charge is 2.24. The van der Waals surface area contributed by atoms with E-state index < -0.39 is 0 Å². The van der Waals surface area contributed by atoms with E-state index in [1.165, 1.54) is 0 Å². The van der Waals surface area contributed by atoms with Crippen LogP contribution in [0.1, 0.15) is 46.4 Å². The molecule has 138 valence electrons. The van der Waals surface area contributed by atoms with Crippen molar-refractivity contribution in [2.45, 2.75) is 32.2 Å². The Hall–Kier alpha value is -2.63. The molecular formula is C21H20ClN3O2. The summed E-state index contributed by atoms with van der Waals surface area (Å²) < 4.78 is 7.79. The second-order valence-electron chi connectivity index (χ2n) is 6.66. The van der Waals surface area contributed by atoms with Crippen LogP contribution in [0.4, 0.5) is 0 Å². The van der Waals surface area contributed by atoms with E-state index in [4.69, 9.17) is 16.3 Å². The lowest BCUT2D eigenvalue weighted by Crippen LogP contribution is -2.27. The molecule has 1 amide bonds. The maximum atomic E-state index is 12.6. The SMILES string of the molecule is CC(NC(=O)c1cc2n(n1)CC(c1ccc(Cl)cc1)OC2)c1ccccc1. The van der Waals surface area contributed by atoms with Crippen molar-refractivity contribution in [3.8, 4) is 0 Å². The number of fused-ring (bicyclic) bond motifs is 1. The molecule has 2 unspecified atom stereocenters. The molecule has 2 heterocycles. The van der Waals surface area contributed by atoms with Crippen LogP contribution in [-0.2, 0) is 17.9 Å². The van der Waals surface area contributed by atoms with Crippen LogP contribution in [-0.4, -0.2) is 15.7 Å². The first-order valence-corrected chi connectivity index (χ1v) is 9.27. The van der Waals surface area contributed by atoms with E-state index >= 15 is 0 Å².